The molecule has 3 nitrogen and oxygen atoms in total. The van der Waals surface area contributed by atoms with Gasteiger partial charge in [-0.05, 0) is 18.9 Å². The van der Waals surface area contributed by atoms with Gasteiger partial charge in [0.1, 0.15) is 5.54 Å². The summed E-state index contributed by atoms with van der Waals surface area (Å²) in [7, 11) is 0. The van der Waals surface area contributed by atoms with Crippen LogP contribution in [0.25, 0.3) is 0 Å². The van der Waals surface area contributed by atoms with E-state index in [1.54, 1.807) is 10.7 Å². The summed E-state index contributed by atoms with van der Waals surface area (Å²) in [6, 6.07) is 1.55. The Morgan fingerprint density at radius 1 is 1.53 bits per heavy atom. The molecule has 0 amide bonds. The molecule has 0 aliphatic carbocycles. The van der Waals surface area contributed by atoms with Crippen LogP contribution in [0.4, 0.5) is 8.78 Å². The van der Waals surface area contributed by atoms with Gasteiger partial charge in [-0.2, -0.15) is 5.10 Å². The van der Waals surface area contributed by atoms with Crippen molar-refractivity contribution in [3.63, 3.8) is 0 Å². The van der Waals surface area contributed by atoms with Crippen LogP contribution in [-0.4, -0.2) is 16.2 Å². The first-order valence-electron chi connectivity index (χ1n) is 4.95. The lowest BCUT2D eigenvalue weighted by Gasteiger charge is -2.25. The summed E-state index contributed by atoms with van der Waals surface area (Å²) in [5.74, 6) is 0.345. The second-order valence-electron chi connectivity index (χ2n) is 4.38. The third-order valence-corrected chi connectivity index (χ3v) is 2.26. The molecular formula is C10H17F2N3. The topological polar surface area (TPSA) is 43.8 Å². The first-order chi connectivity index (χ1) is 6.85. The van der Waals surface area contributed by atoms with Crippen LogP contribution in [0.2, 0.25) is 0 Å². The molecule has 0 bridgehead atoms. The van der Waals surface area contributed by atoms with Crippen LogP contribution in [0.15, 0.2) is 12.3 Å². The third kappa shape index (κ3) is 2.53. The van der Waals surface area contributed by atoms with Crippen LogP contribution in [0.3, 0.4) is 0 Å². The lowest BCUT2D eigenvalue weighted by atomic mass is 10.00. The average Bonchev–Trinajstić information content (AvgIpc) is 2.51. The Balaban J connectivity index is 2.99. The van der Waals surface area contributed by atoms with Crippen molar-refractivity contribution < 1.29 is 8.78 Å². The molecule has 0 aliphatic rings. The molecule has 1 aromatic rings. The maximum Gasteiger partial charge on any atom is 0.261 e. The molecule has 2 N–H and O–H groups in total. The zero-order chi connectivity index (χ0) is 11.6. The van der Waals surface area contributed by atoms with Gasteiger partial charge < -0.3 is 5.73 Å². The molecule has 0 aromatic carbocycles. The highest BCUT2D eigenvalue weighted by Crippen LogP contribution is 2.25. The Bertz CT molecular complexity index is 318. The Morgan fingerprint density at radius 3 is 2.60 bits per heavy atom. The second-order valence-corrected chi connectivity index (χ2v) is 4.38. The van der Waals surface area contributed by atoms with E-state index in [9.17, 15) is 8.78 Å². The van der Waals surface area contributed by atoms with Crippen molar-refractivity contribution in [1.82, 2.24) is 9.78 Å². The van der Waals surface area contributed by atoms with Gasteiger partial charge in [-0.1, -0.05) is 13.8 Å². The van der Waals surface area contributed by atoms with E-state index in [-0.39, 0.29) is 0 Å². The molecule has 0 saturated heterocycles. The standard InChI is InChI=1S/C10H17F2N3/c1-7(2)6-15-8(4-5-14-15)10(3,13)9(11)12/h4-5,7,9H,6,13H2,1-3H3. The van der Waals surface area contributed by atoms with Crippen molar-refractivity contribution in [3.05, 3.63) is 18.0 Å². The molecule has 1 unspecified atom stereocenters. The number of nitrogens with two attached hydrogens (primary N) is 1. The van der Waals surface area contributed by atoms with E-state index in [4.69, 9.17) is 5.73 Å². The normalized spacial score (nSPS) is 16.0. The van der Waals surface area contributed by atoms with Gasteiger partial charge in [0.15, 0.2) is 0 Å². The Labute approximate surface area is 88.3 Å². The van der Waals surface area contributed by atoms with Gasteiger partial charge in [0.05, 0.1) is 5.69 Å². The van der Waals surface area contributed by atoms with E-state index in [0.717, 1.165) is 0 Å². The maximum absolute atomic E-state index is 12.7. The highest BCUT2D eigenvalue weighted by atomic mass is 19.3. The summed E-state index contributed by atoms with van der Waals surface area (Å²) in [5, 5.41) is 4.01. The fourth-order valence-electron chi connectivity index (χ4n) is 1.39. The van der Waals surface area contributed by atoms with E-state index < -0.39 is 12.0 Å². The van der Waals surface area contributed by atoms with Crippen LogP contribution in [0, 0.1) is 5.92 Å². The van der Waals surface area contributed by atoms with E-state index in [1.165, 1.54) is 13.1 Å². The number of alkyl halides is 2. The number of hydrogen-bond acceptors (Lipinski definition) is 2. The van der Waals surface area contributed by atoms with E-state index in [1.807, 2.05) is 13.8 Å². The van der Waals surface area contributed by atoms with Gasteiger partial charge in [0.2, 0.25) is 0 Å². The molecule has 86 valence electrons. The summed E-state index contributed by atoms with van der Waals surface area (Å²) in [5.41, 5.74) is 4.34. The predicted molar refractivity (Wildman–Crippen MR) is 54.6 cm³/mol. The van der Waals surface area contributed by atoms with E-state index in [2.05, 4.69) is 5.10 Å². The van der Waals surface area contributed by atoms with Gasteiger partial charge in [0.25, 0.3) is 6.43 Å². The highest BCUT2D eigenvalue weighted by Gasteiger charge is 2.35. The van der Waals surface area contributed by atoms with Gasteiger partial charge in [-0.3, -0.25) is 4.68 Å². The number of aromatic nitrogens is 2. The molecule has 0 fully saturated rings. The van der Waals surface area contributed by atoms with Gasteiger partial charge in [-0.15, -0.1) is 0 Å². The molecule has 5 heteroatoms. The molecule has 0 spiro atoms. The fourth-order valence-corrected chi connectivity index (χ4v) is 1.39. The SMILES string of the molecule is CC(C)Cn1nccc1C(C)(N)C(F)F. The van der Waals surface area contributed by atoms with Gasteiger partial charge in [-0.25, -0.2) is 8.78 Å². The fraction of sp³-hybridized carbons (Fsp3) is 0.700. The molecule has 1 aromatic heterocycles. The minimum absolute atomic E-state index is 0.345. The predicted octanol–water partition coefficient (Wildman–Crippen LogP) is 1.98. The van der Waals surface area contributed by atoms with Crippen molar-refractivity contribution in [2.24, 2.45) is 11.7 Å². The van der Waals surface area contributed by atoms with Crippen molar-refractivity contribution in [2.75, 3.05) is 0 Å². The molecule has 0 radical (unpaired) electrons. The van der Waals surface area contributed by atoms with Crippen molar-refractivity contribution in [2.45, 2.75) is 39.3 Å². The minimum Gasteiger partial charge on any atom is -0.316 e. The Hall–Kier alpha value is -0.970. The average molecular weight is 217 g/mol. The zero-order valence-electron chi connectivity index (χ0n) is 9.24. The monoisotopic (exact) mass is 217 g/mol. The number of hydrogen-bond donors (Lipinski definition) is 1. The first-order valence-corrected chi connectivity index (χ1v) is 4.95. The van der Waals surface area contributed by atoms with Crippen molar-refractivity contribution in [1.29, 1.82) is 0 Å². The van der Waals surface area contributed by atoms with Crippen LogP contribution < -0.4 is 5.73 Å². The second kappa shape index (κ2) is 4.26. The van der Waals surface area contributed by atoms with E-state index >= 15 is 0 Å². The van der Waals surface area contributed by atoms with Crippen molar-refractivity contribution >= 4 is 0 Å². The summed E-state index contributed by atoms with van der Waals surface area (Å²) in [4.78, 5) is 0. The zero-order valence-corrected chi connectivity index (χ0v) is 9.24. The van der Waals surface area contributed by atoms with E-state index in [0.29, 0.717) is 18.2 Å². The largest absolute Gasteiger partial charge is 0.316 e. The molecule has 0 aliphatic heterocycles. The Morgan fingerprint density at radius 2 is 2.13 bits per heavy atom. The first kappa shape index (κ1) is 12.1. The Kier molecular flexibility index (Phi) is 3.44. The summed E-state index contributed by atoms with van der Waals surface area (Å²) in [6.45, 7) is 5.93. The van der Waals surface area contributed by atoms with Crippen LogP contribution in [-0.2, 0) is 12.1 Å². The molecular weight excluding hydrogens is 200 g/mol. The number of halogens is 2. The van der Waals surface area contributed by atoms with Crippen molar-refractivity contribution in [3.8, 4) is 0 Å². The molecule has 1 heterocycles. The van der Waals surface area contributed by atoms with Crippen LogP contribution >= 0.6 is 0 Å². The van der Waals surface area contributed by atoms with Crippen LogP contribution in [0.5, 0.6) is 0 Å². The number of nitrogens with zero attached hydrogens (tertiary/aromatic N) is 2. The molecule has 1 rings (SSSR count). The summed E-state index contributed by atoms with van der Waals surface area (Å²) >= 11 is 0. The molecule has 0 saturated carbocycles. The molecule has 15 heavy (non-hydrogen) atoms. The summed E-state index contributed by atoms with van der Waals surface area (Å²) < 4.78 is 27.0. The minimum atomic E-state index is -2.60. The van der Waals surface area contributed by atoms with Gasteiger partial charge >= 0.3 is 0 Å². The van der Waals surface area contributed by atoms with Gasteiger partial charge in [0, 0.05) is 12.7 Å². The maximum atomic E-state index is 12.7. The lowest BCUT2D eigenvalue weighted by Crippen LogP contribution is -2.42. The third-order valence-electron chi connectivity index (χ3n) is 2.26. The molecule has 1 atom stereocenters. The van der Waals surface area contributed by atoms with Crippen LogP contribution in [0.1, 0.15) is 26.5 Å². The quantitative estimate of drug-likeness (QED) is 0.838. The smallest absolute Gasteiger partial charge is 0.261 e. The number of rotatable bonds is 4. The highest BCUT2D eigenvalue weighted by molar-refractivity contribution is 5.14. The summed E-state index contributed by atoms with van der Waals surface area (Å²) in [6.07, 6.45) is -1.09. The lowest BCUT2D eigenvalue weighted by molar-refractivity contribution is 0.0569.